The summed E-state index contributed by atoms with van der Waals surface area (Å²) in [6, 6.07) is 0. The summed E-state index contributed by atoms with van der Waals surface area (Å²) in [5.41, 5.74) is 3.71. The van der Waals surface area contributed by atoms with Gasteiger partial charge in [0.1, 0.15) is 11.4 Å². The molecular weight excluding hydrogens is 212 g/mol. The highest BCUT2D eigenvalue weighted by Gasteiger charge is 2.14. The van der Waals surface area contributed by atoms with E-state index in [0.717, 1.165) is 11.0 Å². The van der Waals surface area contributed by atoms with Gasteiger partial charge in [0, 0.05) is 6.54 Å². The molecule has 0 aliphatic heterocycles. The average molecular weight is 226 g/mol. The number of carbonyl (C=O) groups excluding carboxylic acids is 1. The SMILES string of the molecule is CCCCn1c(N)c(C=O)c(=O)n(N)c1=O. The second-order valence-electron chi connectivity index (χ2n) is 3.38. The van der Waals surface area contributed by atoms with Crippen molar-refractivity contribution in [3.05, 3.63) is 26.4 Å². The molecule has 0 aliphatic carbocycles. The Kier molecular flexibility index (Phi) is 3.49. The van der Waals surface area contributed by atoms with E-state index in [1.807, 2.05) is 6.92 Å². The van der Waals surface area contributed by atoms with Gasteiger partial charge in [0.25, 0.3) is 5.56 Å². The average Bonchev–Trinajstić information content (AvgIpc) is 2.27. The minimum absolute atomic E-state index is 0.125. The molecule has 88 valence electrons. The van der Waals surface area contributed by atoms with E-state index in [1.54, 1.807) is 0 Å². The smallest absolute Gasteiger partial charge is 0.351 e. The van der Waals surface area contributed by atoms with Crippen molar-refractivity contribution in [3.63, 3.8) is 0 Å². The number of nitrogen functional groups attached to an aromatic ring is 2. The highest BCUT2D eigenvalue weighted by atomic mass is 16.2. The number of anilines is 1. The molecule has 0 saturated heterocycles. The largest absolute Gasteiger partial charge is 0.384 e. The van der Waals surface area contributed by atoms with Gasteiger partial charge in [-0.15, -0.1) is 0 Å². The Hall–Kier alpha value is -2.05. The van der Waals surface area contributed by atoms with E-state index in [-0.39, 0.29) is 11.4 Å². The standard InChI is InChI=1S/C9H14N4O3/c1-2-3-4-12-7(10)6(5-14)8(15)13(11)9(12)16/h5H,2-4,10-11H2,1H3. The van der Waals surface area contributed by atoms with Gasteiger partial charge in [0.05, 0.1) is 0 Å². The van der Waals surface area contributed by atoms with Crippen LogP contribution in [0.3, 0.4) is 0 Å². The molecule has 1 heterocycles. The van der Waals surface area contributed by atoms with Crippen LogP contribution in [0.25, 0.3) is 0 Å². The quantitative estimate of drug-likeness (QED) is 0.500. The number of hydrogen-bond donors (Lipinski definition) is 2. The summed E-state index contributed by atoms with van der Waals surface area (Å²) in [5, 5.41) is 0. The summed E-state index contributed by atoms with van der Waals surface area (Å²) in [4.78, 5) is 33.6. The van der Waals surface area contributed by atoms with Crippen LogP contribution in [-0.2, 0) is 6.54 Å². The number of rotatable bonds is 4. The Morgan fingerprint density at radius 1 is 1.38 bits per heavy atom. The van der Waals surface area contributed by atoms with E-state index in [0.29, 0.717) is 23.9 Å². The molecule has 1 aromatic heterocycles. The van der Waals surface area contributed by atoms with E-state index in [9.17, 15) is 14.4 Å². The van der Waals surface area contributed by atoms with Crippen molar-refractivity contribution in [2.24, 2.45) is 0 Å². The normalized spacial score (nSPS) is 10.3. The lowest BCUT2D eigenvalue weighted by molar-refractivity contribution is 0.112. The van der Waals surface area contributed by atoms with E-state index < -0.39 is 11.2 Å². The zero-order chi connectivity index (χ0) is 12.3. The van der Waals surface area contributed by atoms with Crippen LogP contribution < -0.4 is 22.8 Å². The number of carbonyl (C=O) groups is 1. The zero-order valence-corrected chi connectivity index (χ0v) is 8.97. The summed E-state index contributed by atoms with van der Waals surface area (Å²) in [6.07, 6.45) is 1.87. The third-order valence-corrected chi connectivity index (χ3v) is 2.31. The van der Waals surface area contributed by atoms with Gasteiger partial charge in [-0.3, -0.25) is 14.2 Å². The second-order valence-corrected chi connectivity index (χ2v) is 3.38. The van der Waals surface area contributed by atoms with Crippen LogP contribution >= 0.6 is 0 Å². The Labute approximate surface area is 91.2 Å². The van der Waals surface area contributed by atoms with Gasteiger partial charge in [-0.25, -0.2) is 4.79 Å². The molecule has 0 saturated carbocycles. The fourth-order valence-corrected chi connectivity index (χ4v) is 1.35. The maximum Gasteiger partial charge on any atom is 0.351 e. The molecule has 1 aromatic rings. The summed E-state index contributed by atoms with van der Waals surface area (Å²) in [5.74, 6) is 5.13. The molecule has 0 aliphatic rings. The van der Waals surface area contributed by atoms with Gasteiger partial charge in [-0.2, -0.15) is 4.68 Å². The van der Waals surface area contributed by atoms with E-state index >= 15 is 0 Å². The minimum atomic E-state index is -0.870. The molecule has 1 rings (SSSR count). The fourth-order valence-electron chi connectivity index (χ4n) is 1.35. The molecule has 0 aromatic carbocycles. The lowest BCUT2D eigenvalue weighted by atomic mass is 10.3. The van der Waals surface area contributed by atoms with Gasteiger partial charge < -0.3 is 11.6 Å². The van der Waals surface area contributed by atoms with Gasteiger partial charge in [-0.05, 0) is 6.42 Å². The fraction of sp³-hybridized carbons (Fsp3) is 0.444. The Bertz CT molecular complexity index is 515. The summed E-state index contributed by atoms with van der Waals surface area (Å²) in [7, 11) is 0. The number of aromatic nitrogens is 2. The lowest BCUT2D eigenvalue weighted by Gasteiger charge is -2.11. The van der Waals surface area contributed by atoms with Crippen molar-refractivity contribution in [3.8, 4) is 0 Å². The van der Waals surface area contributed by atoms with Crippen molar-refractivity contribution in [1.82, 2.24) is 9.24 Å². The van der Waals surface area contributed by atoms with Crippen LogP contribution in [0.5, 0.6) is 0 Å². The molecule has 0 amide bonds. The molecule has 7 heteroatoms. The predicted octanol–water partition coefficient (Wildman–Crippen LogP) is -1.08. The van der Waals surface area contributed by atoms with Crippen LogP contribution in [0, 0.1) is 0 Å². The summed E-state index contributed by atoms with van der Waals surface area (Å²) >= 11 is 0. The third kappa shape index (κ3) is 1.83. The molecule has 16 heavy (non-hydrogen) atoms. The first kappa shape index (κ1) is 12.0. The lowest BCUT2D eigenvalue weighted by Crippen LogP contribution is -2.47. The van der Waals surface area contributed by atoms with Gasteiger partial charge in [-0.1, -0.05) is 13.3 Å². The number of aldehydes is 1. The van der Waals surface area contributed by atoms with Crippen LogP contribution in [0.15, 0.2) is 9.59 Å². The molecule has 0 spiro atoms. The van der Waals surface area contributed by atoms with Gasteiger partial charge in [0.15, 0.2) is 6.29 Å². The van der Waals surface area contributed by atoms with Gasteiger partial charge >= 0.3 is 5.69 Å². The first-order chi connectivity index (χ1) is 7.54. The van der Waals surface area contributed by atoms with Crippen molar-refractivity contribution >= 4 is 12.1 Å². The number of hydrogen-bond acceptors (Lipinski definition) is 5. The molecule has 0 bridgehead atoms. The van der Waals surface area contributed by atoms with Crippen LogP contribution in [0.2, 0.25) is 0 Å². The van der Waals surface area contributed by atoms with Crippen molar-refractivity contribution < 1.29 is 4.79 Å². The molecule has 4 N–H and O–H groups in total. The molecule has 0 radical (unpaired) electrons. The van der Waals surface area contributed by atoms with Crippen molar-refractivity contribution in [1.29, 1.82) is 0 Å². The van der Waals surface area contributed by atoms with E-state index in [1.165, 1.54) is 0 Å². The van der Waals surface area contributed by atoms with Crippen LogP contribution in [0.1, 0.15) is 30.1 Å². The van der Waals surface area contributed by atoms with E-state index in [4.69, 9.17) is 11.6 Å². The Morgan fingerprint density at radius 2 is 2.00 bits per heavy atom. The van der Waals surface area contributed by atoms with Crippen molar-refractivity contribution in [2.75, 3.05) is 11.6 Å². The van der Waals surface area contributed by atoms with Gasteiger partial charge in [0.2, 0.25) is 0 Å². The molecule has 0 unspecified atom stereocenters. The highest BCUT2D eigenvalue weighted by molar-refractivity contribution is 5.80. The summed E-state index contributed by atoms with van der Waals surface area (Å²) in [6.45, 7) is 2.28. The summed E-state index contributed by atoms with van der Waals surface area (Å²) < 4.78 is 1.53. The topological polar surface area (TPSA) is 113 Å². The second kappa shape index (κ2) is 4.65. The molecular formula is C9H14N4O3. The number of unbranched alkanes of at least 4 members (excludes halogenated alkanes) is 1. The maximum atomic E-state index is 11.6. The highest BCUT2D eigenvalue weighted by Crippen LogP contribution is 2.02. The Balaban J connectivity index is 3.49. The monoisotopic (exact) mass is 226 g/mol. The maximum absolute atomic E-state index is 11.6. The first-order valence-corrected chi connectivity index (χ1v) is 4.90. The van der Waals surface area contributed by atoms with Crippen molar-refractivity contribution in [2.45, 2.75) is 26.3 Å². The first-order valence-electron chi connectivity index (χ1n) is 4.90. The van der Waals surface area contributed by atoms with E-state index in [2.05, 4.69) is 0 Å². The molecule has 7 nitrogen and oxygen atoms in total. The Morgan fingerprint density at radius 3 is 2.50 bits per heavy atom. The minimum Gasteiger partial charge on any atom is -0.384 e. The molecule has 0 atom stereocenters. The molecule has 0 fully saturated rings. The third-order valence-electron chi connectivity index (χ3n) is 2.31. The number of nitrogens with zero attached hydrogens (tertiary/aromatic N) is 2. The number of nitrogens with two attached hydrogens (primary N) is 2. The van der Waals surface area contributed by atoms with Crippen LogP contribution in [-0.4, -0.2) is 15.5 Å². The predicted molar refractivity (Wildman–Crippen MR) is 59.8 cm³/mol. The van der Waals surface area contributed by atoms with Crippen LogP contribution in [0.4, 0.5) is 5.82 Å². The zero-order valence-electron chi connectivity index (χ0n) is 8.97.